The molecule has 5 heteroatoms. The molecule has 4 nitrogen and oxygen atoms in total. The molecule has 1 fully saturated rings. The lowest BCUT2D eigenvalue weighted by molar-refractivity contribution is 0.0575. The minimum atomic E-state index is -0.161. The van der Waals surface area contributed by atoms with Crippen LogP contribution in [0, 0.1) is 17.8 Å². The fraction of sp³-hybridized carbons (Fsp3) is 0.533. The second-order valence-corrected chi connectivity index (χ2v) is 5.92. The first-order valence-electron chi connectivity index (χ1n) is 6.72. The van der Waals surface area contributed by atoms with Crippen molar-refractivity contribution in [3.8, 4) is 11.8 Å². The molecule has 0 saturated carbocycles. The number of hydrogen-bond donors (Lipinski definition) is 1. The predicted molar refractivity (Wildman–Crippen MR) is 78.8 cm³/mol. The standard InChI is InChI=1S/C15H19NO3S/c1-19-11-12-4-2-8-16(10-12)15(18)14-7-6-13(20-14)5-3-9-17/h6-7,12,17H,2,4,8-11H2,1H3. The molecule has 0 aromatic carbocycles. The highest BCUT2D eigenvalue weighted by atomic mass is 32.1. The minimum Gasteiger partial charge on any atom is -0.384 e. The summed E-state index contributed by atoms with van der Waals surface area (Å²) in [7, 11) is 1.70. The van der Waals surface area contributed by atoms with E-state index >= 15 is 0 Å². The molecule has 1 aromatic heterocycles. The number of amides is 1. The number of rotatable bonds is 3. The third-order valence-corrected chi connectivity index (χ3v) is 4.30. The Bertz CT molecular complexity index is 513. The molecule has 1 saturated heterocycles. The zero-order valence-electron chi connectivity index (χ0n) is 11.6. The van der Waals surface area contributed by atoms with Crippen LogP contribution in [0.15, 0.2) is 12.1 Å². The summed E-state index contributed by atoms with van der Waals surface area (Å²) < 4.78 is 5.19. The van der Waals surface area contributed by atoms with Crippen LogP contribution in [0.4, 0.5) is 0 Å². The number of nitrogens with zero attached hydrogens (tertiary/aromatic N) is 1. The van der Waals surface area contributed by atoms with Gasteiger partial charge in [-0.1, -0.05) is 11.8 Å². The van der Waals surface area contributed by atoms with Crippen LogP contribution in [0.1, 0.15) is 27.4 Å². The van der Waals surface area contributed by atoms with E-state index in [1.807, 2.05) is 17.0 Å². The minimum absolute atomic E-state index is 0.0767. The highest BCUT2D eigenvalue weighted by Crippen LogP contribution is 2.22. The largest absolute Gasteiger partial charge is 0.384 e. The van der Waals surface area contributed by atoms with E-state index in [0.29, 0.717) is 17.4 Å². The lowest BCUT2D eigenvalue weighted by atomic mass is 9.99. The first-order chi connectivity index (χ1) is 9.74. The van der Waals surface area contributed by atoms with Gasteiger partial charge in [0.25, 0.3) is 5.91 Å². The molecule has 1 amide bonds. The summed E-state index contributed by atoms with van der Waals surface area (Å²) in [5, 5.41) is 8.67. The average molecular weight is 293 g/mol. The van der Waals surface area contributed by atoms with Crippen molar-refractivity contribution >= 4 is 17.2 Å². The quantitative estimate of drug-likeness (QED) is 0.861. The Morgan fingerprint density at radius 3 is 3.20 bits per heavy atom. The van der Waals surface area contributed by atoms with Gasteiger partial charge in [-0.2, -0.15) is 0 Å². The van der Waals surface area contributed by atoms with Crippen molar-refractivity contribution in [1.82, 2.24) is 4.90 Å². The molecule has 108 valence electrons. The third kappa shape index (κ3) is 3.83. The molecule has 0 spiro atoms. The molecule has 1 N–H and O–H groups in total. The van der Waals surface area contributed by atoms with Gasteiger partial charge in [-0.25, -0.2) is 0 Å². The summed E-state index contributed by atoms with van der Waals surface area (Å²) in [5.74, 6) is 5.94. The number of thiophene rings is 1. The van der Waals surface area contributed by atoms with Gasteiger partial charge >= 0.3 is 0 Å². The summed E-state index contributed by atoms with van der Waals surface area (Å²) in [4.78, 5) is 15.9. The maximum Gasteiger partial charge on any atom is 0.263 e. The van der Waals surface area contributed by atoms with Gasteiger partial charge in [0.15, 0.2) is 0 Å². The maximum absolute atomic E-state index is 12.4. The zero-order valence-corrected chi connectivity index (χ0v) is 12.4. The Balaban J connectivity index is 2.01. The molecule has 20 heavy (non-hydrogen) atoms. The molecule has 1 aliphatic rings. The predicted octanol–water partition coefficient (Wildman–Crippen LogP) is 1.59. The summed E-state index contributed by atoms with van der Waals surface area (Å²) in [6, 6.07) is 3.64. The van der Waals surface area contributed by atoms with Crippen LogP contribution in [0.2, 0.25) is 0 Å². The number of aliphatic hydroxyl groups excluding tert-OH is 1. The summed E-state index contributed by atoms with van der Waals surface area (Å²) >= 11 is 1.38. The van der Waals surface area contributed by atoms with Gasteiger partial charge in [0, 0.05) is 20.2 Å². The van der Waals surface area contributed by atoms with Gasteiger partial charge in [0.1, 0.15) is 6.61 Å². The zero-order chi connectivity index (χ0) is 14.4. The van der Waals surface area contributed by atoms with Crippen LogP contribution < -0.4 is 0 Å². The van der Waals surface area contributed by atoms with Crippen LogP contribution in [0.5, 0.6) is 0 Å². The number of piperidine rings is 1. The second-order valence-electron chi connectivity index (χ2n) is 4.84. The number of ether oxygens (including phenoxy) is 1. The van der Waals surface area contributed by atoms with E-state index in [9.17, 15) is 4.79 Å². The summed E-state index contributed by atoms with van der Waals surface area (Å²) in [6.07, 6.45) is 2.15. The molecule has 0 radical (unpaired) electrons. The molecule has 0 bridgehead atoms. The Morgan fingerprint density at radius 2 is 2.45 bits per heavy atom. The molecule has 1 unspecified atom stereocenters. The van der Waals surface area contributed by atoms with Crippen molar-refractivity contribution in [2.45, 2.75) is 12.8 Å². The first kappa shape index (κ1) is 15.0. The lowest BCUT2D eigenvalue weighted by Crippen LogP contribution is -2.40. The summed E-state index contributed by atoms with van der Waals surface area (Å²) in [6.45, 7) is 2.13. The molecular weight excluding hydrogens is 274 g/mol. The van der Waals surface area contributed by atoms with Crippen LogP contribution in [0.3, 0.4) is 0 Å². The Hall–Kier alpha value is -1.35. The van der Waals surface area contributed by atoms with E-state index in [4.69, 9.17) is 9.84 Å². The average Bonchev–Trinajstić information content (AvgIpc) is 2.94. The molecule has 1 aromatic rings. The van der Waals surface area contributed by atoms with Gasteiger partial charge in [0.05, 0.1) is 16.4 Å². The highest BCUT2D eigenvalue weighted by Gasteiger charge is 2.25. The smallest absolute Gasteiger partial charge is 0.263 e. The van der Waals surface area contributed by atoms with Gasteiger partial charge < -0.3 is 14.7 Å². The number of carbonyl (C=O) groups excluding carboxylic acids is 1. The van der Waals surface area contributed by atoms with Crippen molar-refractivity contribution < 1.29 is 14.6 Å². The van der Waals surface area contributed by atoms with E-state index in [0.717, 1.165) is 30.8 Å². The van der Waals surface area contributed by atoms with Crippen molar-refractivity contribution in [3.63, 3.8) is 0 Å². The fourth-order valence-electron chi connectivity index (χ4n) is 2.42. The highest BCUT2D eigenvalue weighted by molar-refractivity contribution is 7.14. The molecule has 1 atom stereocenters. The van der Waals surface area contributed by atoms with Crippen LogP contribution in [-0.2, 0) is 4.74 Å². The van der Waals surface area contributed by atoms with Gasteiger partial charge in [-0.05, 0) is 30.9 Å². The van der Waals surface area contributed by atoms with Gasteiger partial charge in [-0.15, -0.1) is 11.3 Å². The van der Waals surface area contributed by atoms with E-state index < -0.39 is 0 Å². The molecule has 2 rings (SSSR count). The number of likely N-dealkylation sites (tertiary alicyclic amines) is 1. The van der Waals surface area contributed by atoms with Crippen molar-refractivity contribution in [2.24, 2.45) is 5.92 Å². The van der Waals surface area contributed by atoms with Crippen LogP contribution in [-0.4, -0.2) is 49.3 Å². The van der Waals surface area contributed by atoms with E-state index in [2.05, 4.69) is 11.8 Å². The number of carbonyl (C=O) groups is 1. The van der Waals surface area contributed by atoms with Crippen molar-refractivity contribution in [3.05, 3.63) is 21.9 Å². The normalized spacial score (nSPS) is 18.5. The SMILES string of the molecule is COCC1CCCN(C(=O)c2ccc(C#CCO)s2)C1. The second kappa shape index (κ2) is 7.44. The third-order valence-electron chi connectivity index (χ3n) is 3.32. The Kier molecular flexibility index (Phi) is 5.60. The van der Waals surface area contributed by atoms with Crippen LogP contribution in [0.25, 0.3) is 0 Å². The number of methoxy groups -OCH3 is 1. The van der Waals surface area contributed by atoms with E-state index in [1.165, 1.54) is 11.3 Å². The molecule has 1 aliphatic heterocycles. The first-order valence-corrected chi connectivity index (χ1v) is 7.54. The molecular formula is C15H19NO3S. The topological polar surface area (TPSA) is 49.8 Å². The van der Waals surface area contributed by atoms with E-state index in [1.54, 1.807) is 7.11 Å². The molecule has 0 aliphatic carbocycles. The Labute approximate surface area is 123 Å². The van der Waals surface area contributed by atoms with Crippen molar-refractivity contribution in [2.75, 3.05) is 33.4 Å². The monoisotopic (exact) mass is 293 g/mol. The maximum atomic E-state index is 12.4. The summed E-state index contributed by atoms with van der Waals surface area (Å²) in [5.41, 5.74) is 0. The fourth-order valence-corrected chi connectivity index (χ4v) is 3.27. The Morgan fingerprint density at radius 1 is 1.60 bits per heavy atom. The van der Waals surface area contributed by atoms with E-state index in [-0.39, 0.29) is 12.5 Å². The molecule has 2 heterocycles. The van der Waals surface area contributed by atoms with Crippen LogP contribution >= 0.6 is 11.3 Å². The van der Waals surface area contributed by atoms with Crippen molar-refractivity contribution in [1.29, 1.82) is 0 Å². The number of aliphatic hydroxyl groups is 1. The number of hydrogen-bond acceptors (Lipinski definition) is 4. The lowest BCUT2D eigenvalue weighted by Gasteiger charge is -2.32. The van der Waals surface area contributed by atoms with Gasteiger partial charge in [0.2, 0.25) is 0 Å². The van der Waals surface area contributed by atoms with Gasteiger partial charge in [-0.3, -0.25) is 4.79 Å².